The Labute approximate surface area is 127 Å². The Morgan fingerprint density at radius 1 is 1.19 bits per heavy atom. The molecule has 116 valence electrons. The molecule has 0 aliphatic carbocycles. The lowest BCUT2D eigenvalue weighted by Crippen LogP contribution is -2.51. The third-order valence-corrected chi connectivity index (χ3v) is 5.20. The third-order valence-electron chi connectivity index (χ3n) is 5.20. The Morgan fingerprint density at radius 3 is 2.67 bits per heavy atom. The summed E-state index contributed by atoms with van der Waals surface area (Å²) in [5.41, 5.74) is 1.27. The van der Waals surface area contributed by atoms with Crippen molar-refractivity contribution in [2.75, 3.05) is 13.1 Å². The van der Waals surface area contributed by atoms with Gasteiger partial charge < -0.3 is 5.32 Å². The minimum atomic E-state index is -0.138. The quantitative estimate of drug-likeness (QED) is 0.905. The first-order valence-electron chi connectivity index (χ1n) is 8.54. The van der Waals surface area contributed by atoms with Gasteiger partial charge in [0.25, 0.3) is 0 Å². The third kappa shape index (κ3) is 3.29. The Hall–Kier alpha value is -0.930. The number of likely N-dealkylation sites (tertiary alicyclic amines) is 1. The Bertz CT molecular complexity index is 439. The van der Waals surface area contributed by atoms with E-state index in [1.165, 1.54) is 50.8 Å². The molecule has 3 rings (SSSR count). The van der Waals surface area contributed by atoms with Gasteiger partial charge in [0.15, 0.2) is 0 Å². The van der Waals surface area contributed by atoms with Gasteiger partial charge >= 0.3 is 0 Å². The van der Waals surface area contributed by atoms with Gasteiger partial charge in [-0.3, -0.25) is 4.90 Å². The molecule has 2 fully saturated rings. The number of piperidine rings is 1. The molecule has 0 saturated carbocycles. The molecule has 3 heteroatoms. The lowest BCUT2D eigenvalue weighted by molar-refractivity contribution is 0.0702. The zero-order valence-electron chi connectivity index (χ0n) is 13.0. The number of halogens is 1. The van der Waals surface area contributed by atoms with Crippen LogP contribution in [0.3, 0.4) is 0 Å². The smallest absolute Gasteiger partial charge is 0.123 e. The van der Waals surface area contributed by atoms with Crippen LogP contribution >= 0.6 is 0 Å². The molecule has 1 N–H and O–H groups in total. The van der Waals surface area contributed by atoms with Crippen molar-refractivity contribution >= 4 is 0 Å². The van der Waals surface area contributed by atoms with Crippen LogP contribution < -0.4 is 5.32 Å². The topological polar surface area (TPSA) is 15.3 Å². The standard InChI is InChI=1S/C18H27FN2/c1-2-17(14-8-10-15(19)11-9-14)21-13-4-3-7-18(21)16-6-5-12-20-16/h8-11,16-18,20H,2-7,12-13H2,1H3. The van der Waals surface area contributed by atoms with Crippen LogP contribution in [0, 0.1) is 5.82 Å². The molecule has 3 atom stereocenters. The van der Waals surface area contributed by atoms with Crippen molar-refractivity contribution in [2.45, 2.75) is 63.6 Å². The Kier molecular flexibility index (Phi) is 4.91. The molecule has 0 amide bonds. The van der Waals surface area contributed by atoms with Gasteiger partial charge in [0.2, 0.25) is 0 Å². The van der Waals surface area contributed by atoms with Gasteiger partial charge in [-0.25, -0.2) is 4.39 Å². The molecule has 2 aliphatic heterocycles. The van der Waals surface area contributed by atoms with Crippen LogP contribution in [0.15, 0.2) is 24.3 Å². The summed E-state index contributed by atoms with van der Waals surface area (Å²) in [6.45, 7) is 4.60. The summed E-state index contributed by atoms with van der Waals surface area (Å²) in [6.07, 6.45) is 7.65. The van der Waals surface area contributed by atoms with E-state index in [0.29, 0.717) is 18.1 Å². The van der Waals surface area contributed by atoms with Gasteiger partial charge in [0, 0.05) is 18.1 Å². The molecule has 0 bridgehead atoms. The first kappa shape index (κ1) is 15.0. The van der Waals surface area contributed by atoms with E-state index in [0.717, 1.165) is 6.42 Å². The second-order valence-corrected chi connectivity index (χ2v) is 6.48. The molecule has 2 heterocycles. The normalized spacial score (nSPS) is 28.7. The van der Waals surface area contributed by atoms with Gasteiger partial charge in [-0.05, 0) is 62.9 Å². The zero-order chi connectivity index (χ0) is 14.7. The Balaban J connectivity index is 1.80. The first-order chi connectivity index (χ1) is 10.3. The summed E-state index contributed by atoms with van der Waals surface area (Å²) in [7, 11) is 0. The molecule has 1 aromatic rings. The largest absolute Gasteiger partial charge is 0.312 e. The summed E-state index contributed by atoms with van der Waals surface area (Å²) in [6, 6.07) is 8.87. The molecular formula is C18H27FN2. The van der Waals surface area contributed by atoms with Crippen molar-refractivity contribution in [3.63, 3.8) is 0 Å². The fraction of sp³-hybridized carbons (Fsp3) is 0.667. The van der Waals surface area contributed by atoms with Crippen LogP contribution in [0.2, 0.25) is 0 Å². The van der Waals surface area contributed by atoms with E-state index in [1.54, 1.807) is 12.1 Å². The predicted molar refractivity (Wildman–Crippen MR) is 84.8 cm³/mol. The molecule has 0 aromatic heterocycles. The highest BCUT2D eigenvalue weighted by atomic mass is 19.1. The average molecular weight is 290 g/mol. The number of hydrogen-bond donors (Lipinski definition) is 1. The summed E-state index contributed by atoms with van der Waals surface area (Å²) in [5.74, 6) is -0.138. The van der Waals surface area contributed by atoms with E-state index in [-0.39, 0.29) is 5.82 Å². The second kappa shape index (κ2) is 6.89. The van der Waals surface area contributed by atoms with E-state index in [9.17, 15) is 4.39 Å². The maximum Gasteiger partial charge on any atom is 0.123 e. The SMILES string of the molecule is CCC(c1ccc(F)cc1)N1CCCCC1C1CCCN1. The molecule has 2 nitrogen and oxygen atoms in total. The molecular weight excluding hydrogens is 263 g/mol. The van der Waals surface area contributed by atoms with Crippen molar-refractivity contribution in [3.05, 3.63) is 35.6 Å². The molecule has 2 aliphatic rings. The molecule has 21 heavy (non-hydrogen) atoms. The van der Waals surface area contributed by atoms with Crippen LogP contribution in [-0.2, 0) is 0 Å². The van der Waals surface area contributed by atoms with Gasteiger partial charge in [0.05, 0.1) is 0 Å². The number of benzene rings is 1. The van der Waals surface area contributed by atoms with Gasteiger partial charge in [-0.15, -0.1) is 0 Å². The number of hydrogen-bond acceptors (Lipinski definition) is 2. The molecule has 3 unspecified atom stereocenters. The Morgan fingerprint density at radius 2 is 2.00 bits per heavy atom. The number of nitrogens with zero attached hydrogens (tertiary/aromatic N) is 1. The van der Waals surface area contributed by atoms with E-state index < -0.39 is 0 Å². The monoisotopic (exact) mass is 290 g/mol. The first-order valence-corrected chi connectivity index (χ1v) is 8.54. The van der Waals surface area contributed by atoms with Crippen LogP contribution in [0.5, 0.6) is 0 Å². The van der Waals surface area contributed by atoms with Gasteiger partial charge in [-0.1, -0.05) is 25.5 Å². The molecule has 0 radical (unpaired) electrons. The summed E-state index contributed by atoms with van der Waals surface area (Å²) < 4.78 is 13.2. The highest BCUT2D eigenvalue weighted by Crippen LogP contribution is 2.34. The minimum absolute atomic E-state index is 0.138. The van der Waals surface area contributed by atoms with Crippen molar-refractivity contribution < 1.29 is 4.39 Å². The molecule has 0 spiro atoms. The van der Waals surface area contributed by atoms with Crippen molar-refractivity contribution in [3.8, 4) is 0 Å². The van der Waals surface area contributed by atoms with Crippen molar-refractivity contribution in [1.29, 1.82) is 0 Å². The van der Waals surface area contributed by atoms with E-state index in [4.69, 9.17) is 0 Å². The predicted octanol–water partition coefficient (Wildman–Crippen LogP) is 3.88. The highest BCUT2D eigenvalue weighted by molar-refractivity contribution is 5.20. The van der Waals surface area contributed by atoms with E-state index >= 15 is 0 Å². The van der Waals surface area contributed by atoms with Crippen molar-refractivity contribution in [1.82, 2.24) is 10.2 Å². The maximum absolute atomic E-state index is 13.2. The lowest BCUT2D eigenvalue weighted by Gasteiger charge is -2.44. The fourth-order valence-electron chi connectivity index (χ4n) is 4.19. The van der Waals surface area contributed by atoms with Gasteiger partial charge in [0.1, 0.15) is 5.82 Å². The van der Waals surface area contributed by atoms with Crippen LogP contribution in [0.1, 0.15) is 57.1 Å². The maximum atomic E-state index is 13.2. The number of nitrogens with one attached hydrogen (secondary N) is 1. The van der Waals surface area contributed by atoms with Crippen LogP contribution in [-0.4, -0.2) is 30.1 Å². The zero-order valence-corrected chi connectivity index (χ0v) is 13.0. The lowest BCUT2D eigenvalue weighted by atomic mass is 9.90. The molecule has 1 aromatic carbocycles. The van der Waals surface area contributed by atoms with Crippen molar-refractivity contribution in [2.24, 2.45) is 0 Å². The summed E-state index contributed by atoms with van der Waals surface area (Å²) >= 11 is 0. The van der Waals surface area contributed by atoms with E-state index in [1.807, 2.05) is 12.1 Å². The summed E-state index contributed by atoms with van der Waals surface area (Å²) in [5, 5.41) is 3.69. The highest BCUT2D eigenvalue weighted by Gasteiger charge is 2.35. The minimum Gasteiger partial charge on any atom is -0.312 e. The molecule has 2 saturated heterocycles. The fourth-order valence-corrected chi connectivity index (χ4v) is 4.19. The average Bonchev–Trinajstić information content (AvgIpc) is 3.05. The van der Waals surface area contributed by atoms with Crippen LogP contribution in [0.4, 0.5) is 4.39 Å². The van der Waals surface area contributed by atoms with Crippen LogP contribution in [0.25, 0.3) is 0 Å². The van der Waals surface area contributed by atoms with Gasteiger partial charge in [-0.2, -0.15) is 0 Å². The summed E-state index contributed by atoms with van der Waals surface area (Å²) in [4.78, 5) is 2.69. The van der Waals surface area contributed by atoms with E-state index in [2.05, 4.69) is 17.1 Å². The number of rotatable bonds is 4. The second-order valence-electron chi connectivity index (χ2n) is 6.48.